The molecule has 7 nitrogen and oxygen atoms in total. The highest BCUT2D eigenvalue weighted by molar-refractivity contribution is 7.92. The number of hydrogen-bond donors (Lipinski definition) is 0. The van der Waals surface area contributed by atoms with Gasteiger partial charge in [0.25, 0.3) is 0 Å². The summed E-state index contributed by atoms with van der Waals surface area (Å²) in [5.41, 5.74) is 0.864. The SMILES string of the molecule is O=S(=O)(/C=C/c1ccccc1)N1CCN(c2ccc(-n3cccc3)nn2)CC1. The van der Waals surface area contributed by atoms with Gasteiger partial charge in [-0.05, 0) is 35.9 Å². The van der Waals surface area contributed by atoms with Crippen LogP contribution in [-0.4, -0.2) is 53.7 Å². The molecule has 1 fully saturated rings. The van der Waals surface area contributed by atoms with Crippen molar-refractivity contribution in [1.29, 1.82) is 0 Å². The fourth-order valence-electron chi connectivity index (χ4n) is 3.10. The van der Waals surface area contributed by atoms with Crippen molar-refractivity contribution in [3.05, 3.63) is 78.0 Å². The average Bonchev–Trinajstić information content (AvgIpc) is 3.28. The Labute approximate surface area is 164 Å². The Hall–Kier alpha value is -2.97. The number of benzene rings is 1. The maximum atomic E-state index is 12.6. The van der Waals surface area contributed by atoms with Crippen LogP contribution in [-0.2, 0) is 10.0 Å². The van der Waals surface area contributed by atoms with Gasteiger partial charge in [-0.3, -0.25) is 0 Å². The quantitative estimate of drug-likeness (QED) is 0.663. The van der Waals surface area contributed by atoms with Crippen molar-refractivity contribution in [1.82, 2.24) is 19.1 Å². The van der Waals surface area contributed by atoms with E-state index in [0.717, 1.165) is 17.2 Å². The van der Waals surface area contributed by atoms with Crippen molar-refractivity contribution in [3.8, 4) is 5.82 Å². The van der Waals surface area contributed by atoms with E-state index in [-0.39, 0.29) is 0 Å². The van der Waals surface area contributed by atoms with Crippen LogP contribution in [0.2, 0.25) is 0 Å². The zero-order chi connectivity index (χ0) is 19.4. The second kappa shape index (κ2) is 7.95. The minimum Gasteiger partial charge on any atom is -0.352 e. The van der Waals surface area contributed by atoms with Gasteiger partial charge in [0.15, 0.2) is 11.6 Å². The van der Waals surface area contributed by atoms with Gasteiger partial charge in [-0.1, -0.05) is 30.3 Å². The van der Waals surface area contributed by atoms with Gasteiger partial charge in [0, 0.05) is 44.0 Å². The first-order valence-corrected chi connectivity index (χ1v) is 10.6. The molecule has 1 aliphatic rings. The molecule has 0 atom stereocenters. The highest BCUT2D eigenvalue weighted by Crippen LogP contribution is 2.17. The number of hydrogen-bond acceptors (Lipinski definition) is 5. The molecule has 0 spiro atoms. The van der Waals surface area contributed by atoms with Gasteiger partial charge in [0.2, 0.25) is 10.0 Å². The molecule has 2 aromatic heterocycles. The third-order valence-electron chi connectivity index (χ3n) is 4.66. The molecule has 144 valence electrons. The minimum absolute atomic E-state index is 0.419. The predicted molar refractivity (Wildman–Crippen MR) is 110 cm³/mol. The minimum atomic E-state index is -3.44. The molecule has 1 aromatic carbocycles. The van der Waals surface area contributed by atoms with Crippen molar-refractivity contribution in [2.75, 3.05) is 31.1 Å². The van der Waals surface area contributed by atoms with Crippen LogP contribution in [0.3, 0.4) is 0 Å². The van der Waals surface area contributed by atoms with Crippen LogP contribution in [0.1, 0.15) is 5.56 Å². The first-order valence-electron chi connectivity index (χ1n) is 9.07. The van der Waals surface area contributed by atoms with Gasteiger partial charge < -0.3 is 9.47 Å². The summed E-state index contributed by atoms with van der Waals surface area (Å²) in [6.45, 7) is 2.00. The maximum Gasteiger partial charge on any atom is 0.236 e. The molecule has 0 unspecified atom stereocenters. The Morgan fingerprint density at radius 1 is 0.786 bits per heavy atom. The molecule has 0 saturated carbocycles. The van der Waals surface area contributed by atoms with Crippen LogP contribution in [0.4, 0.5) is 5.82 Å². The van der Waals surface area contributed by atoms with E-state index in [9.17, 15) is 8.42 Å². The van der Waals surface area contributed by atoms with E-state index in [2.05, 4.69) is 15.1 Å². The molecule has 3 aromatic rings. The number of sulfonamides is 1. The van der Waals surface area contributed by atoms with Crippen molar-refractivity contribution in [3.63, 3.8) is 0 Å². The Kier molecular flexibility index (Phi) is 5.23. The van der Waals surface area contributed by atoms with Crippen LogP contribution in [0.15, 0.2) is 72.4 Å². The molecule has 8 heteroatoms. The molecule has 0 aliphatic carbocycles. The highest BCUT2D eigenvalue weighted by Gasteiger charge is 2.25. The molecule has 0 bridgehead atoms. The van der Waals surface area contributed by atoms with Crippen molar-refractivity contribution in [2.45, 2.75) is 0 Å². The van der Waals surface area contributed by atoms with Crippen LogP contribution in [0.25, 0.3) is 11.9 Å². The van der Waals surface area contributed by atoms with E-state index in [0.29, 0.717) is 26.2 Å². The number of aromatic nitrogens is 3. The molecule has 0 amide bonds. The number of nitrogens with zero attached hydrogens (tertiary/aromatic N) is 5. The smallest absolute Gasteiger partial charge is 0.236 e. The summed E-state index contributed by atoms with van der Waals surface area (Å²) in [5, 5.41) is 9.83. The lowest BCUT2D eigenvalue weighted by Crippen LogP contribution is -2.48. The molecule has 1 saturated heterocycles. The van der Waals surface area contributed by atoms with E-state index < -0.39 is 10.0 Å². The van der Waals surface area contributed by atoms with Crippen LogP contribution in [0, 0.1) is 0 Å². The number of rotatable bonds is 5. The van der Waals surface area contributed by atoms with Crippen LogP contribution >= 0.6 is 0 Å². The largest absolute Gasteiger partial charge is 0.352 e. The van der Waals surface area contributed by atoms with E-state index >= 15 is 0 Å². The molecule has 0 N–H and O–H groups in total. The first-order chi connectivity index (χ1) is 13.6. The molecule has 1 aliphatic heterocycles. The molecular weight excluding hydrogens is 374 g/mol. The summed E-state index contributed by atoms with van der Waals surface area (Å²) in [7, 11) is -3.44. The van der Waals surface area contributed by atoms with Gasteiger partial charge >= 0.3 is 0 Å². The van der Waals surface area contributed by atoms with Gasteiger partial charge in [0.05, 0.1) is 0 Å². The normalized spacial score (nSPS) is 15.9. The van der Waals surface area contributed by atoms with Crippen molar-refractivity contribution < 1.29 is 8.42 Å². The van der Waals surface area contributed by atoms with Gasteiger partial charge in [0.1, 0.15) is 0 Å². The zero-order valence-electron chi connectivity index (χ0n) is 15.3. The lowest BCUT2D eigenvalue weighted by atomic mass is 10.2. The summed E-state index contributed by atoms with van der Waals surface area (Å²) < 4.78 is 28.5. The highest BCUT2D eigenvalue weighted by atomic mass is 32.2. The molecular formula is C20H21N5O2S. The summed E-state index contributed by atoms with van der Waals surface area (Å²) in [4.78, 5) is 2.05. The van der Waals surface area contributed by atoms with Gasteiger partial charge in [-0.25, -0.2) is 8.42 Å². The third-order valence-corrected chi connectivity index (χ3v) is 6.22. The Balaban J connectivity index is 1.38. The molecule has 0 radical (unpaired) electrons. The van der Waals surface area contributed by atoms with E-state index in [1.54, 1.807) is 6.08 Å². The number of anilines is 1. The molecule has 3 heterocycles. The Morgan fingerprint density at radius 2 is 1.43 bits per heavy atom. The average molecular weight is 395 g/mol. The van der Waals surface area contributed by atoms with Crippen molar-refractivity contribution in [2.24, 2.45) is 0 Å². The van der Waals surface area contributed by atoms with Crippen LogP contribution in [0.5, 0.6) is 0 Å². The standard InChI is InChI=1S/C20H21N5O2S/c26-28(27,17-10-18-6-2-1-3-7-18)25-15-13-24(14-16-25)20-9-8-19(21-22-20)23-11-4-5-12-23/h1-12,17H,13-16H2/b17-10+. The Bertz CT molecular complexity index is 1020. The first kappa shape index (κ1) is 18.4. The zero-order valence-corrected chi connectivity index (χ0v) is 16.1. The fraction of sp³-hybridized carbons (Fsp3) is 0.200. The van der Waals surface area contributed by atoms with E-state index in [1.165, 1.54) is 9.71 Å². The fourth-order valence-corrected chi connectivity index (χ4v) is 4.27. The predicted octanol–water partition coefficient (Wildman–Crippen LogP) is 2.39. The third kappa shape index (κ3) is 4.13. The Morgan fingerprint density at radius 3 is 2.07 bits per heavy atom. The number of piperazine rings is 1. The van der Waals surface area contributed by atoms with Crippen molar-refractivity contribution >= 4 is 21.9 Å². The van der Waals surface area contributed by atoms with Crippen LogP contribution < -0.4 is 4.90 Å². The summed E-state index contributed by atoms with van der Waals surface area (Å²) in [6.07, 6.45) is 5.46. The topological polar surface area (TPSA) is 71.3 Å². The summed E-state index contributed by atoms with van der Waals surface area (Å²) >= 11 is 0. The van der Waals surface area contributed by atoms with Gasteiger partial charge in [-0.15, -0.1) is 10.2 Å². The van der Waals surface area contributed by atoms with E-state index in [4.69, 9.17) is 0 Å². The van der Waals surface area contributed by atoms with E-state index in [1.807, 2.05) is 71.6 Å². The van der Waals surface area contributed by atoms with Gasteiger partial charge in [-0.2, -0.15) is 4.31 Å². The lowest BCUT2D eigenvalue weighted by molar-refractivity contribution is 0.388. The second-order valence-corrected chi connectivity index (χ2v) is 8.30. The summed E-state index contributed by atoms with van der Waals surface area (Å²) in [6, 6.07) is 17.1. The maximum absolute atomic E-state index is 12.6. The lowest BCUT2D eigenvalue weighted by Gasteiger charge is -2.33. The molecule has 4 rings (SSSR count). The monoisotopic (exact) mass is 395 g/mol. The summed E-state index contributed by atoms with van der Waals surface area (Å²) in [5.74, 6) is 1.51. The second-order valence-electron chi connectivity index (χ2n) is 6.48. The molecule has 28 heavy (non-hydrogen) atoms.